The van der Waals surface area contributed by atoms with E-state index in [1.807, 2.05) is 0 Å². The maximum Gasteiger partial charge on any atom is 0.269 e. The Balaban J connectivity index is 1.59. The van der Waals surface area contributed by atoms with Gasteiger partial charge in [-0.25, -0.2) is 13.8 Å². The number of nitrogens with one attached hydrogen (secondary N) is 1. The summed E-state index contributed by atoms with van der Waals surface area (Å²) in [6.07, 6.45) is 5.76. The molecule has 0 amide bonds. The van der Waals surface area contributed by atoms with Crippen molar-refractivity contribution in [1.82, 2.24) is 24.7 Å². The van der Waals surface area contributed by atoms with Crippen LogP contribution in [-0.2, 0) is 6.54 Å². The number of rotatable bonds is 3. The van der Waals surface area contributed by atoms with Crippen LogP contribution in [0.1, 0.15) is 5.56 Å². The standard InChI is InChI=1S/C21H13F2N5O/c22-16-6-13(12-1-2-18-14(5-12)8-26-27-18)7-17(23)15(16)11-28-20-3-4-24-9-19(20)25-10-21(28)29/h1-10H,11H2,(H,26,27). The summed E-state index contributed by atoms with van der Waals surface area (Å²) < 4.78 is 31.0. The average Bonchev–Trinajstić information content (AvgIpc) is 3.19. The van der Waals surface area contributed by atoms with Crippen LogP contribution < -0.4 is 5.56 Å². The molecular formula is C21H13F2N5O. The van der Waals surface area contributed by atoms with E-state index < -0.39 is 17.2 Å². The van der Waals surface area contributed by atoms with Crippen LogP contribution >= 0.6 is 0 Å². The molecule has 0 aliphatic carbocycles. The topological polar surface area (TPSA) is 76.5 Å². The second kappa shape index (κ2) is 6.59. The second-order valence-electron chi connectivity index (χ2n) is 6.64. The van der Waals surface area contributed by atoms with Crippen molar-refractivity contribution in [3.63, 3.8) is 0 Å². The first-order valence-electron chi connectivity index (χ1n) is 8.81. The van der Waals surface area contributed by atoms with Crippen LogP contribution in [0.15, 0.2) is 66.0 Å². The number of hydrogen-bond acceptors (Lipinski definition) is 4. The van der Waals surface area contributed by atoms with Crippen LogP contribution in [0.25, 0.3) is 33.1 Å². The minimum absolute atomic E-state index is 0.190. The number of aromatic nitrogens is 5. The molecule has 5 aromatic rings. The third-order valence-corrected chi connectivity index (χ3v) is 4.88. The summed E-state index contributed by atoms with van der Waals surface area (Å²) in [4.78, 5) is 20.2. The highest BCUT2D eigenvalue weighted by Crippen LogP contribution is 2.27. The molecule has 29 heavy (non-hydrogen) atoms. The summed E-state index contributed by atoms with van der Waals surface area (Å²) in [6.45, 7) is -0.249. The summed E-state index contributed by atoms with van der Waals surface area (Å²) >= 11 is 0. The highest BCUT2D eigenvalue weighted by atomic mass is 19.1. The number of H-pyrrole nitrogens is 1. The number of fused-ring (bicyclic) bond motifs is 2. The Bertz CT molecular complexity index is 1420. The fraction of sp³-hybridized carbons (Fsp3) is 0.0476. The SMILES string of the molecule is O=c1cnc2cnccc2n1Cc1c(F)cc(-c2ccc3[nH]ncc3c2)cc1F. The Kier molecular flexibility index (Phi) is 3.90. The minimum Gasteiger partial charge on any atom is -0.301 e. The first kappa shape index (κ1) is 17.2. The van der Waals surface area contributed by atoms with E-state index in [9.17, 15) is 13.6 Å². The van der Waals surface area contributed by atoms with Gasteiger partial charge in [-0.3, -0.25) is 14.9 Å². The summed E-state index contributed by atoms with van der Waals surface area (Å²) in [5.74, 6) is -1.45. The number of benzene rings is 2. The lowest BCUT2D eigenvalue weighted by molar-refractivity contribution is 0.545. The quantitative estimate of drug-likeness (QED) is 0.511. The number of nitrogens with zero attached hydrogens (tertiary/aromatic N) is 4. The van der Waals surface area contributed by atoms with Gasteiger partial charge in [0.25, 0.3) is 5.56 Å². The molecule has 6 nitrogen and oxygen atoms in total. The van der Waals surface area contributed by atoms with Crippen molar-refractivity contribution in [2.24, 2.45) is 0 Å². The Hall–Kier alpha value is -3.94. The predicted octanol–water partition coefficient (Wildman–Crippen LogP) is 3.66. The molecule has 3 aromatic heterocycles. The molecule has 0 bridgehead atoms. The third kappa shape index (κ3) is 2.94. The monoisotopic (exact) mass is 389 g/mol. The van der Waals surface area contributed by atoms with Crippen LogP contribution in [0, 0.1) is 11.6 Å². The molecule has 0 saturated heterocycles. The zero-order valence-electron chi connectivity index (χ0n) is 14.9. The molecule has 0 aliphatic rings. The van der Waals surface area contributed by atoms with Crippen molar-refractivity contribution in [3.05, 3.63) is 88.7 Å². The molecular weight excluding hydrogens is 376 g/mol. The average molecular weight is 389 g/mol. The van der Waals surface area contributed by atoms with Crippen LogP contribution in [0.3, 0.4) is 0 Å². The summed E-state index contributed by atoms with van der Waals surface area (Å²) in [7, 11) is 0. The Morgan fingerprint density at radius 3 is 2.62 bits per heavy atom. The molecule has 0 unspecified atom stereocenters. The minimum atomic E-state index is -0.724. The normalized spacial score (nSPS) is 11.4. The van der Waals surface area contributed by atoms with Crippen LogP contribution in [0.2, 0.25) is 0 Å². The van der Waals surface area contributed by atoms with Crippen molar-refractivity contribution in [2.45, 2.75) is 6.54 Å². The zero-order valence-corrected chi connectivity index (χ0v) is 14.9. The molecule has 2 aromatic carbocycles. The Morgan fingerprint density at radius 1 is 0.966 bits per heavy atom. The lowest BCUT2D eigenvalue weighted by atomic mass is 10.0. The van der Waals surface area contributed by atoms with E-state index in [1.54, 1.807) is 30.5 Å². The number of aromatic amines is 1. The van der Waals surface area contributed by atoms with Gasteiger partial charge in [0, 0.05) is 17.1 Å². The van der Waals surface area contributed by atoms with Crippen molar-refractivity contribution < 1.29 is 8.78 Å². The van der Waals surface area contributed by atoms with Crippen LogP contribution in [0.4, 0.5) is 8.78 Å². The second-order valence-corrected chi connectivity index (χ2v) is 6.64. The van der Waals surface area contributed by atoms with Crippen molar-refractivity contribution in [2.75, 3.05) is 0 Å². The molecule has 142 valence electrons. The van der Waals surface area contributed by atoms with Gasteiger partial charge in [0.05, 0.1) is 36.2 Å². The van der Waals surface area contributed by atoms with E-state index in [-0.39, 0.29) is 12.1 Å². The molecule has 0 radical (unpaired) electrons. The predicted molar refractivity (Wildman–Crippen MR) is 104 cm³/mol. The maximum atomic E-state index is 14.9. The van der Waals surface area contributed by atoms with Crippen LogP contribution in [-0.4, -0.2) is 24.7 Å². The van der Waals surface area contributed by atoms with Crippen molar-refractivity contribution >= 4 is 21.9 Å². The van der Waals surface area contributed by atoms with Crippen LogP contribution in [0.5, 0.6) is 0 Å². The number of pyridine rings is 1. The Labute approximate surface area is 162 Å². The molecule has 0 aliphatic heterocycles. The first-order chi connectivity index (χ1) is 14.1. The molecule has 5 rings (SSSR count). The highest BCUT2D eigenvalue weighted by molar-refractivity contribution is 5.84. The van der Waals surface area contributed by atoms with E-state index in [1.165, 1.54) is 29.1 Å². The van der Waals surface area contributed by atoms with E-state index in [0.717, 1.165) is 17.1 Å². The maximum absolute atomic E-state index is 14.9. The molecule has 0 atom stereocenters. The fourth-order valence-electron chi connectivity index (χ4n) is 3.38. The summed E-state index contributed by atoms with van der Waals surface area (Å²) in [5, 5.41) is 7.63. The van der Waals surface area contributed by atoms with E-state index in [4.69, 9.17) is 0 Å². The summed E-state index contributed by atoms with van der Waals surface area (Å²) in [6, 6.07) is 9.51. The number of halogens is 2. The van der Waals surface area contributed by atoms with Gasteiger partial charge in [0.1, 0.15) is 17.2 Å². The molecule has 3 heterocycles. The van der Waals surface area contributed by atoms with Gasteiger partial charge < -0.3 is 4.57 Å². The van der Waals surface area contributed by atoms with E-state index in [2.05, 4.69) is 20.2 Å². The van der Waals surface area contributed by atoms with Gasteiger partial charge >= 0.3 is 0 Å². The van der Waals surface area contributed by atoms with Gasteiger partial charge in [-0.1, -0.05) is 6.07 Å². The van der Waals surface area contributed by atoms with Gasteiger partial charge in [0.2, 0.25) is 0 Å². The summed E-state index contributed by atoms with van der Waals surface area (Å²) in [5.41, 5.74) is 2.20. The Morgan fingerprint density at radius 2 is 1.79 bits per heavy atom. The van der Waals surface area contributed by atoms with Gasteiger partial charge in [-0.05, 0) is 41.5 Å². The largest absolute Gasteiger partial charge is 0.301 e. The third-order valence-electron chi connectivity index (χ3n) is 4.88. The molecule has 0 spiro atoms. The first-order valence-corrected chi connectivity index (χ1v) is 8.81. The smallest absolute Gasteiger partial charge is 0.269 e. The van der Waals surface area contributed by atoms with Gasteiger partial charge in [-0.2, -0.15) is 5.10 Å². The zero-order chi connectivity index (χ0) is 20.0. The van der Waals surface area contributed by atoms with E-state index >= 15 is 0 Å². The molecule has 1 N–H and O–H groups in total. The van der Waals surface area contributed by atoms with Gasteiger partial charge in [-0.15, -0.1) is 0 Å². The molecule has 0 fully saturated rings. The van der Waals surface area contributed by atoms with E-state index in [0.29, 0.717) is 22.2 Å². The number of hydrogen-bond donors (Lipinski definition) is 1. The molecule has 8 heteroatoms. The van der Waals surface area contributed by atoms with Gasteiger partial charge in [0.15, 0.2) is 0 Å². The van der Waals surface area contributed by atoms with Crippen molar-refractivity contribution in [3.8, 4) is 11.1 Å². The van der Waals surface area contributed by atoms with Crippen molar-refractivity contribution in [1.29, 1.82) is 0 Å². The molecule has 0 saturated carbocycles. The highest BCUT2D eigenvalue weighted by Gasteiger charge is 2.15. The lowest BCUT2D eigenvalue weighted by Gasteiger charge is -2.12. The fourth-order valence-corrected chi connectivity index (χ4v) is 3.38. The lowest BCUT2D eigenvalue weighted by Crippen LogP contribution is -2.22.